The van der Waals surface area contributed by atoms with Crippen molar-refractivity contribution in [3.8, 4) is 0 Å². The molecule has 0 heterocycles. The van der Waals surface area contributed by atoms with Crippen LogP contribution in [0.3, 0.4) is 0 Å². The quantitative estimate of drug-likeness (QED) is 0.241. The lowest BCUT2D eigenvalue weighted by atomic mass is 9.94. The van der Waals surface area contributed by atoms with Gasteiger partial charge >= 0.3 is 0 Å². The Hall–Kier alpha value is -2.48. The van der Waals surface area contributed by atoms with Gasteiger partial charge in [-0.15, -0.1) is 0 Å². The monoisotopic (exact) mass is 494 g/mol. The highest BCUT2D eigenvalue weighted by atomic mass is 35.5. The lowest BCUT2D eigenvalue weighted by Crippen LogP contribution is -1.90. The molecule has 32 heavy (non-hydrogen) atoms. The maximum atomic E-state index is 6.13. The predicted octanol–water partition coefficient (Wildman–Crippen LogP) is 9.86. The second kappa shape index (κ2) is 10.4. The fraction of sp³-hybridized carbons (Fsp3) is 0. The summed E-state index contributed by atoms with van der Waals surface area (Å²) in [6, 6.07) is 31.3. The summed E-state index contributed by atoms with van der Waals surface area (Å²) in [4.78, 5) is 0. The molecule has 4 heteroatoms. The van der Waals surface area contributed by atoms with E-state index in [1.807, 2.05) is 97.1 Å². The maximum absolute atomic E-state index is 6.13. The average molecular weight is 496 g/mol. The van der Waals surface area contributed by atoms with Crippen molar-refractivity contribution in [1.29, 1.82) is 0 Å². The SMILES string of the molecule is Clc1ccc(C(=CC=C(c2ccc(Cl)cc2)c2ccc(Cl)cc2)c2ccc(Cl)cc2)cc1. The van der Waals surface area contributed by atoms with Crippen LogP contribution in [0, 0.1) is 0 Å². The molecule has 0 amide bonds. The van der Waals surface area contributed by atoms with Gasteiger partial charge in [0.2, 0.25) is 0 Å². The zero-order valence-corrected chi connectivity index (χ0v) is 19.9. The van der Waals surface area contributed by atoms with Crippen LogP contribution in [0.15, 0.2) is 109 Å². The number of halogens is 4. The van der Waals surface area contributed by atoms with Crippen LogP contribution < -0.4 is 0 Å². The van der Waals surface area contributed by atoms with Crippen molar-refractivity contribution < 1.29 is 0 Å². The summed E-state index contributed by atoms with van der Waals surface area (Å²) in [5.74, 6) is 0. The van der Waals surface area contributed by atoms with Gasteiger partial charge in [-0.3, -0.25) is 0 Å². The Labute approximate surface area is 208 Å². The third kappa shape index (κ3) is 5.65. The number of hydrogen-bond acceptors (Lipinski definition) is 0. The molecule has 0 N–H and O–H groups in total. The van der Waals surface area contributed by atoms with Gasteiger partial charge in [0.25, 0.3) is 0 Å². The van der Waals surface area contributed by atoms with E-state index < -0.39 is 0 Å². The molecule has 158 valence electrons. The Morgan fingerprint density at radius 3 is 0.719 bits per heavy atom. The summed E-state index contributed by atoms with van der Waals surface area (Å²) in [6.45, 7) is 0. The van der Waals surface area contributed by atoms with E-state index in [1.165, 1.54) is 0 Å². The first-order valence-corrected chi connectivity index (χ1v) is 11.5. The minimum absolute atomic E-state index is 0.697. The fourth-order valence-electron chi connectivity index (χ4n) is 3.40. The van der Waals surface area contributed by atoms with Gasteiger partial charge < -0.3 is 0 Å². The van der Waals surface area contributed by atoms with Gasteiger partial charge in [0.1, 0.15) is 0 Å². The lowest BCUT2D eigenvalue weighted by molar-refractivity contribution is 1.53. The molecule has 0 unspecified atom stereocenters. The van der Waals surface area contributed by atoms with Crippen molar-refractivity contribution >= 4 is 57.5 Å². The van der Waals surface area contributed by atoms with Crippen molar-refractivity contribution in [3.63, 3.8) is 0 Å². The van der Waals surface area contributed by atoms with E-state index in [0.717, 1.165) is 33.4 Å². The number of allylic oxidation sites excluding steroid dienone is 2. The van der Waals surface area contributed by atoms with E-state index in [1.54, 1.807) is 0 Å². The van der Waals surface area contributed by atoms with E-state index in [2.05, 4.69) is 12.2 Å². The molecule has 0 atom stereocenters. The summed E-state index contributed by atoms with van der Waals surface area (Å²) in [7, 11) is 0. The normalized spacial score (nSPS) is 10.5. The maximum Gasteiger partial charge on any atom is 0.0406 e. The van der Waals surface area contributed by atoms with Crippen LogP contribution >= 0.6 is 46.4 Å². The molecule has 0 radical (unpaired) electrons. The van der Waals surface area contributed by atoms with Crippen molar-refractivity contribution in [3.05, 3.63) is 152 Å². The third-order valence-electron chi connectivity index (χ3n) is 5.04. The van der Waals surface area contributed by atoms with Gasteiger partial charge in [-0.1, -0.05) is 107 Å². The van der Waals surface area contributed by atoms with Crippen LogP contribution in [0.2, 0.25) is 20.1 Å². The zero-order chi connectivity index (χ0) is 22.5. The van der Waals surface area contributed by atoms with Crippen molar-refractivity contribution in [2.24, 2.45) is 0 Å². The molecule has 0 aromatic heterocycles. The molecule has 0 aliphatic carbocycles. The van der Waals surface area contributed by atoms with Crippen LogP contribution in [0.5, 0.6) is 0 Å². The van der Waals surface area contributed by atoms with Crippen molar-refractivity contribution in [2.45, 2.75) is 0 Å². The second-order valence-corrected chi connectivity index (χ2v) is 8.93. The minimum Gasteiger partial charge on any atom is -0.0843 e. The highest BCUT2D eigenvalue weighted by Gasteiger charge is 2.08. The Morgan fingerprint density at radius 2 is 0.531 bits per heavy atom. The Kier molecular flexibility index (Phi) is 7.40. The molecule has 4 aromatic rings. The second-order valence-electron chi connectivity index (χ2n) is 7.19. The molecule has 4 rings (SSSR count). The van der Waals surface area contributed by atoms with Crippen LogP contribution in [0.4, 0.5) is 0 Å². The first kappa shape index (κ1) is 22.7. The van der Waals surface area contributed by atoms with E-state index in [-0.39, 0.29) is 0 Å². The fourth-order valence-corrected chi connectivity index (χ4v) is 3.91. The van der Waals surface area contributed by atoms with E-state index >= 15 is 0 Å². The summed E-state index contributed by atoms with van der Waals surface area (Å²) in [6.07, 6.45) is 4.23. The Balaban J connectivity index is 1.88. The molecular formula is C28H18Cl4. The molecule has 0 fully saturated rings. The summed E-state index contributed by atoms with van der Waals surface area (Å²) >= 11 is 24.5. The molecule has 0 saturated heterocycles. The summed E-state index contributed by atoms with van der Waals surface area (Å²) < 4.78 is 0. The third-order valence-corrected chi connectivity index (χ3v) is 6.05. The highest BCUT2D eigenvalue weighted by Crippen LogP contribution is 2.30. The van der Waals surface area contributed by atoms with Crippen LogP contribution in [-0.2, 0) is 0 Å². The van der Waals surface area contributed by atoms with Gasteiger partial charge in [-0.05, 0) is 81.9 Å². The molecule has 0 aliphatic heterocycles. The van der Waals surface area contributed by atoms with E-state index in [4.69, 9.17) is 46.4 Å². The van der Waals surface area contributed by atoms with Crippen LogP contribution in [0.1, 0.15) is 22.3 Å². The lowest BCUT2D eigenvalue weighted by Gasteiger charge is -2.11. The molecule has 0 bridgehead atoms. The predicted molar refractivity (Wildman–Crippen MR) is 140 cm³/mol. The minimum atomic E-state index is 0.697. The van der Waals surface area contributed by atoms with Gasteiger partial charge in [-0.2, -0.15) is 0 Å². The first-order chi connectivity index (χ1) is 15.5. The highest BCUT2D eigenvalue weighted by molar-refractivity contribution is 6.31. The molecule has 0 spiro atoms. The van der Waals surface area contributed by atoms with Crippen LogP contribution in [-0.4, -0.2) is 0 Å². The number of benzene rings is 4. The number of rotatable bonds is 5. The van der Waals surface area contributed by atoms with Gasteiger partial charge in [0.05, 0.1) is 0 Å². The van der Waals surface area contributed by atoms with Crippen LogP contribution in [0.25, 0.3) is 11.1 Å². The number of hydrogen-bond donors (Lipinski definition) is 0. The molecule has 0 aliphatic rings. The summed E-state index contributed by atoms with van der Waals surface area (Å²) in [5.41, 5.74) is 6.33. The van der Waals surface area contributed by atoms with E-state index in [9.17, 15) is 0 Å². The topological polar surface area (TPSA) is 0 Å². The molecule has 0 nitrogen and oxygen atoms in total. The molecule has 0 saturated carbocycles. The Bertz CT molecular complexity index is 1050. The summed E-state index contributed by atoms with van der Waals surface area (Å²) in [5, 5.41) is 2.79. The average Bonchev–Trinajstić information content (AvgIpc) is 2.80. The first-order valence-electron chi connectivity index (χ1n) is 9.95. The largest absolute Gasteiger partial charge is 0.0843 e. The van der Waals surface area contributed by atoms with E-state index in [0.29, 0.717) is 20.1 Å². The standard InChI is InChI=1S/C28H18Cl4/c29-23-9-1-19(2-10-23)27(20-3-11-24(30)12-4-20)17-18-28(21-5-13-25(31)14-6-21)22-7-15-26(32)16-8-22/h1-18H. The Morgan fingerprint density at radius 1 is 0.344 bits per heavy atom. The van der Waals surface area contributed by atoms with Gasteiger partial charge in [0.15, 0.2) is 0 Å². The smallest absolute Gasteiger partial charge is 0.0406 e. The molecular weight excluding hydrogens is 478 g/mol. The van der Waals surface area contributed by atoms with Crippen molar-refractivity contribution in [1.82, 2.24) is 0 Å². The zero-order valence-electron chi connectivity index (χ0n) is 16.9. The van der Waals surface area contributed by atoms with Gasteiger partial charge in [-0.25, -0.2) is 0 Å². The van der Waals surface area contributed by atoms with Crippen molar-refractivity contribution in [2.75, 3.05) is 0 Å². The van der Waals surface area contributed by atoms with Gasteiger partial charge in [0, 0.05) is 20.1 Å². The molecule has 4 aromatic carbocycles.